The molecule has 1 saturated carbocycles. The van der Waals surface area contributed by atoms with E-state index in [9.17, 15) is 9.59 Å². The molecule has 11 heavy (non-hydrogen) atoms. The number of carbonyl (C=O) groups excluding carboxylic acids is 2. The summed E-state index contributed by atoms with van der Waals surface area (Å²) in [4.78, 5) is 23.9. The third-order valence-electron chi connectivity index (χ3n) is 2.33. The van der Waals surface area contributed by atoms with Crippen molar-refractivity contribution in [2.24, 2.45) is 16.8 Å². The van der Waals surface area contributed by atoms with Gasteiger partial charge in [-0.15, -0.1) is 4.99 Å². The Balaban J connectivity index is 2.59. The second-order valence-electron chi connectivity index (χ2n) is 3.06. The van der Waals surface area contributed by atoms with Gasteiger partial charge in [-0.1, -0.05) is 13.3 Å². The van der Waals surface area contributed by atoms with E-state index in [1.807, 2.05) is 6.92 Å². The number of hydrogen-bond donors (Lipinski definition) is 0. The number of rotatable bonds is 1. The summed E-state index contributed by atoms with van der Waals surface area (Å²) >= 11 is 0. The van der Waals surface area contributed by atoms with Gasteiger partial charge in [0, 0.05) is 5.92 Å². The Labute approximate surface area is 65.5 Å². The maximum atomic E-state index is 11.0. The highest BCUT2D eigenvalue weighted by Gasteiger charge is 2.29. The molecule has 60 valence electrons. The SMILES string of the molecule is CC1CCCC1C(=O)N=C=O. The lowest BCUT2D eigenvalue weighted by Gasteiger charge is -2.08. The van der Waals surface area contributed by atoms with Crippen LogP contribution in [-0.2, 0) is 9.59 Å². The Morgan fingerprint density at radius 1 is 1.55 bits per heavy atom. The lowest BCUT2D eigenvalue weighted by Crippen LogP contribution is -2.14. The van der Waals surface area contributed by atoms with Gasteiger partial charge in [0.05, 0.1) is 0 Å². The zero-order valence-corrected chi connectivity index (χ0v) is 6.54. The second-order valence-corrected chi connectivity index (χ2v) is 3.06. The quantitative estimate of drug-likeness (QED) is 0.421. The summed E-state index contributed by atoms with van der Waals surface area (Å²) in [7, 11) is 0. The van der Waals surface area contributed by atoms with Crippen molar-refractivity contribution in [1.82, 2.24) is 0 Å². The zero-order valence-electron chi connectivity index (χ0n) is 6.54. The molecule has 1 fully saturated rings. The molecule has 0 aliphatic heterocycles. The van der Waals surface area contributed by atoms with E-state index in [0.29, 0.717) is 5.92 Å². The van der Waals surface area contributed by atoms with Crippen LogP contribution < -0.4 is 0 Å². The molecule has 0 heterocycles. The van der Waals surface area contributed by atoms with Crippen molar-refractivity contribution in [3.63, 3.8) is 0 Å². The van der Waals surface area contributed by atoms with E-state index in [1.165, 1.54) is 6.08 Å². The fourth-order valence-electron chi connectivity index (χ4n) is 1.64. The van der Waals surface area contributed by atoms with Crippen LogP contribution in [0.2, 0.25) is 0 Å². The summed E-state index contributed by atoms with van der Waals surface area (Å²) in [5.74, 6) is 0.0843. The minimum atomic E-state index is -0.287. The van der Waals surface area contributed by atoms with Gasteiger partial charge in [0.15, 0.2) is 0 Å². The predicted octanol–water partition coefficient (Wildman–Crippen LogP) is 1.29. The summed E-state index contributed by atoms with van der Waals surface area (Å²) in [5, 5.41) is 0. The van der Waals surface area contributed by atoms with Crippen LogP contribution in [0.25, 0.3) is 0 Å². The number of nitrogens with zero attached hydrogens (tertiary/aromatic N) is 1. The molecule has 2 atom stereocenters. The fraction of sp³-hybridized carbons (Fsp3) is 0.750. The fourth-order valence-corrected chi connectivity index (χ4v) is 1.64. The number of isocyanates is 1. The van der Waals surface area contributed by atoms with Crippen molar-refractivity contribution in [3.05, 3.63) is 0 Å². The lowest BCUT2D eigenvalue weighted by molar-refractivity contribution is -0.122. The van der Waals surface area contributed by atoms with Crippen LogP contribution in [0.4, 0.5) is 0 Å². The molecule has 0 aromatic carbocycles. The molecule has 0 aromatic rings. The van der Waals surface area contributed by atoms with Crippen LogP contribution in [0.15, 0.2) is 4.99 Å². The van der Waals surface area contributed by atoms with Crippen LogP contribution in [0.5, 0.6) is 0 Å². The van der Waals surface area contributed by atoms with Crippen LogP contribution in [0, 0.1) is 11.8 Å². The Morgan fingerprint density at radius 3 is 2.73 bits per heavy atom. The molecule has 0 bridgehead atoms. The van der Waals surface area contributed by atoms with E-state index in [0.717, 1.165) is 19.3 Å². The Bertz CT molecular complexity index is 206. The monoisotopic (exact) mass is 153 g/mol. The first-order valence-electron chi connectivity index (χ1n) is 3.87. The number of hydrogen-bond acceptors (Lipinski definition) is 2. The van der Waals surface area contributed by atoms with Gasteiger partial charge in [0.25, 0.3) is 5.91 Å². The summed E-state index contributed by atoms with van der Waals surface area (Å²) in [6, 6.07) is 0. The summed E-state index contributed by atoms with van der Waals surface area (Å²) in [6.45, 7) is 2.02. The average Bonchev–Trinajstić information content (AvgIpc) is 2.36. The minimum Gasteiger partial charge on any atom is -0.271 e. The Kier molecular flexibility index (Phi) is 2.55. The lowest BCUT2D eigenvalue weighted by atomic mass is 9.98. The molecule has 0 saturated heterocycles. The molecule has 1 rings (SSSR count). The van der Waals surface area contributed by atoms with Gasteiger partial charge >= 0.3 is 0 Å². The average molecular weight is 153 g/mol. The molecule has 0 aromatic heterocycles. The first-order chi connectivity index (χ1) is 5.25. The molecule has 0 spiro atoms. The minimum absolute atomic E-state index is 0.0172. The molecule has 1 aliphatic rings. The van der Waals surface area contributed by atoms with Crippen LogP contribution in [0.1, 0.15) is 26.2 Å². The number of aliphatic imine (C=N–C) groups is 1. The zero-order chi connectivity index (χ0) is 8.27. The van der Waals surface area contributed by atoms with Crippen molar-refractivity contribution >= 4 is 12.0 Å². The normalized spacial score (nSPS) is 29.5. The molecule has 2 unspecified atom stereocenters. The molecule has 3 nitrogen and oxygen atoms in total. The standard InChI is InChI=1S/C8H11NO2/c1-6-3-2-4-7(6)8(11)9-5-10/h6-7H,2-4H2,1H3. The van der Waals surface area contributed by atoms with E-state index in [-0.39, 0.29) is 11.8 Å². The number of carbonyl (C=O) groups is 1. The van der Waals surface area contributed by atoms with Crippen molar-refractivity contribution < 1.29 is 9.59 Å². The smallest absolute Gasteiger partial charge is 0.259 e. The third kappa shape index (κ3) is 1.75. The van der Waals surface area contributed by atoms with Gasteiger partial charge in [-0.25, -0.2) is 4.79 Å². The second kappa shape index (κ2) is 3.44. The molecular weight excluding hydrogens is 142 g/mol. The largest absolute Gasteiger partial charge is 0.271 e. The highest BCUT2D eigenvalue weighted by atomic mass is 16.2. The number of amides is 1. The topological polar surface area (TPSA) is 46.5 Å². The van der Waals surface area contributed by atoms with E-state index in [4.69, 9.17) is 0 Å². The van der Waals surface area contributed by atoms with Gasteiger partial charge in [0.2, 0.25) is 6.08 Å². The summed E-state index contributed by atoms with van der Waals surface area (Å²) in [5.41, 5.74) is 0. The summed E-state index contributed by atoms with van der Waals surface area (Å²) < 4.78 is 0. The maximum absolute atomic E-state index is 11.0. The van der Waals surface area contributed by atoms with Crippen LogP contribution >= 0.6 is 0 Å². The first kappa shape index (κ1) is 8.15. The highest BCUT2D eigenvalue weighted by Crippen LogP contribution is 2.31. The predicted molar refractivity (Wildman–Crippen MR) is 39.6 cm³/mol. The molecule has 1 aliphatic carbocycles. The Hall–Kier alpha value is -0.950. The van der Waals surface area contributed by atoms with E-state index < -0.39 is 0 Å². The van der Waals surface area contributed by atoms with Crippen molar-refractivity contribution in [1.29, 1.82) is 0 Å². The molecule has 0 radical (unpaired) electrons. The van der Waals surface area contributed by atoms with E-state index >= 15 is 0 Å². The van der Waals surface area contributed by atoms with Gasteiger partial charge in [-0.3, -0.25) is 4.79 Å². The molecule has 1 amide bonds. The van der Waals surface area contributed by atoms with Crippen LogP contribution in [0.3, 0.4) is 0 Å². The van der Waals surface area contributed by atoms with Crippen molar-refractivity contribution in [2.75, 3.05) is 0 Å². The van der Waals surface area contributed by atoms with Crippen LogP contribution in [-0.4, -0.2) is 12.0 Å². The Morgan fingerprint density at radius 2 is 2.27 bits per heavy atom. The van der Waals surface area contributed by atoms with Gasteiger partial charge in [-0.05, 0) is 18.8 Å². The molecule has 3 heteroatoms. The summed E-state index contributed by atoms with van der Waals surface area (Å²) in [6.07, 6.45) is 4.32. The molecular formula is C8H11NO2. The first-order valence-corrected chi connectivity index (χ1v) is 3.87. The van der Waals surface area contributed by atoms with Gasteiger partial charge in [-0.2, -0.15) is 0 Å². The van der Waals surface area contributed by atoms with E-state index in [1.54, 1.807) is 0 Å². The van der Waals surface area contributed by atoms with Crippen molar-refractivity contribution in [3.8, 4) is 0 Å². The maximum Gasteiger partial charge on any atom is 0.259 e. The van der Waals surface area contributed by atoms with Crippen molar-refractivity contribution in [2.45, 2.75) is 26.2 Å². The highest BCUT2D eigenvalue weighted by molar-refractivity contribution is 5.84. The van der Waals surface area contributed by atoms with Gasteiger partial charge in [0.1, 0.15) is 0 Å². The molecule has 0 N–H and O–H groups in total. The van der Waals surface area contributed by atoms with Gasteiger partial charge < -0.3 is 0 Å². The van der Waals surface area contributed by atoms with E-state index in [2.05, 4.69) is 4.99 Å². The third-order valence-corrected chi connectivity index (χ3v) is 2.33.